The molecule has 0 bridgehead atoms. The number of amides is 1. The summed E-state index contributed by atoms with van der Waals surface area (Å²) in [6.45, 7) is 0. The lowest BCUT2D eigenvalue weighted by molar-refractivity contribution is -0.384. The Morgan fingerprint density at radius 2 is 1.81 bits per heavy atom. The summed E-state index contributed by atoms with van der Waals surface area (Å²) >= 11 is 0. The zero-order valence-corrected chi connectivity index (χ0v) is 17.4. The second kappa shape index (κ2) is 8.79. The molecule has 0 unspecified atom stereocenters. The number of nitrogens with one attached hydrogen (secondary N) is 1. The van der Waals surface area contributed by atoms with Crippen LogP contribution in [0.1, 0.15) is 10.4 Å². The molecule has 11 heteroatoms. The molecule has 0 aliphatic carbocycles. The van der Waals surface area contributed by atoms with Crippen LogP contribution in [0, 0.1) is 10.1 Å². The van der Waals surface area contributed by atoms with Gasteiger partial charge in [-0.05, 0) is 42.5 Å². The van der Waals surface area contributed by atoms with Crippen LogP contribution in [0.25, 0.3) is 0 Å². The van der Waals surface area contributed by atoms with Gasteiger partial charge in [-0.3, -0.25) is 24.2 Å². The number of nitro groups is 1. The van der Waals surface area contributed by atoms with Gasteiger partial charge in [0.1, 0.15) is 17.6 Å². The Kier molecular flexibility index (Phi) is 6.16. The molecule has 1 amide bonds. The molecule has 1 N–H and O–H groups in total. The SMILES string of the molecule is COc1ccccc1N(C)S(=O)(=O)c1ccc(C(=O)Nc2ccncc2[N+](=O)[O-])cc1. The van der Waals surface area contributed by atoms with Gasteiger partial charge in [-0.25, -0.2) is 8.42 Å². The zero-order chi connectivity index (χ0) is 22.6. The van der Waals surface area contributed by atoms with Crippen molar-refractivity contribution in [3.8, 4) is 5.75 Å². The second-order valence-electron chi connectivity index (χ2n) is 6.27. The summed E-state index contributed by atoms with van der Waals surface area (Å²) < 4.78 is 32.3. The number of hydrogen-bond acceptors (Lipinski definition) is 7. The number of methoxy groups -OCH3 is 1. The molecule has 3 rings (SSSR count). The first-order valence-electron chi connectivity index (χ1n) is 8.87. The van der Waals surface area contributed by atoms with Crippen molar-refractivity contribution in [2.45, 2.75) is 4.90 Å². The second-order valence-corrected chi connectivity index (χ2v) is 8.24. The van der Waals surface area contributed by atoms with Gasteiger partial charge in [-0.1, -0.05) is 12.1 Å². The maximum Gasteiger partial charge on any atom is 0.310 e. The maximum atomic E-state index is 13.0. The lowest BCUT2D eigenvalue weighted by Crippen LogP contribution is -2.27. The Morgan fingerprint density at radius 1 is 1.13 bits per heavy atom. The normalized spacial score (nSPS) is 10.9. The van der Waals surface area contributed by atoms with Gasteiger partial charge in [0, 0.05) is 18.8 Å². The highest BCUT2D eigenvalue weighted by Gasteiger charge is 2.24. The van der Waals surface area contributed by atoms with Crippen molar-refractivity contribution < 1.29 is 22.9 Å². The van der Waals surface area contributed by atoms with Crippen molar-refractivity contribution in [2.24, 2.45) is 0 Å². The fraction of sp³-hybridized carbons (Fsp3) is 0.100. The maximum absolute atomic E-state index is 13.0. The Bertz CT molecular complexity index is 1230. The van der Waals surface area contributed by atoms with Gasteiger partial charge in [-0.2, -0.15) is 0 Å². The average molecular weight is 442 g/mol. The number of nitrogens with zero attached hydrogens (tertiary/aromatic N) is 3. The molecular weight excluding hydrogens is 424 g/mol. The summed E-state index contributed by atoms with van der Waals surface area (Å²) in [6.07, 6.45) is 2.34. The quantitative estimate of drug-likeness (QED) is 0.439. The van der Waals surface area contributed by atoms with Gasteiger partial charge >= 0.3 is 5.69 Å². The van der Waals surface area contributed by atoms with Gasteiger partial charge in [0.05, 0.1) is 22.6 Å². The number of rotatable bonds is 7. The predicted molar refractivity (Wildman–Crippen MR) is 114 cm³/mol. The Balaban J connectivity index is 1.84. The number of hydrogen-bond donors (Lipinski definition) is 1. The third-order valence-electron chi connectivity index (χ3n) is 4.44. The van der Waals surface area contributed by atoms with Crippen LogP contribution in [0.4, 0.5) is 17.1 Å². The summed E-state index contributed by atoms with van der Waals surface area (Å²) in [6, 6.07) is 13.2. The molecule has 31 heavy (non-hydrogen) atoms. The van der Waals surface area contributed by atoms with E-state index in [1.54, 1.807) is 24.3 Å². The average Bonchev–Trinajstić information content (AvgIpc) is 2.78. The minimum absolute atomic E-state index is 0.0161. The Hall–Kier alpha value is -3.99. The van der Waals surface area contributed by atoms with Crippen molar-refractivity contribution in [1.82, 2.24) is 4.98 Å². The summed E-state index contributed by atoms with van der Waals surface area (Å²) in [5, 5.41) is 13.5. The minimum atomic E-state index is -3.92. The molecule has 160 valence electrons. The number of carbonyl (C=O) groups excluding carboxylic acids is 1. The lowest BCUT2D eigenvalue weighted by Gasteiger charge is -2.21. The molecular formula is C20H18N4O6S. The molecule has 0 aliphatic rings. The fourth-order valence-electron chi connectivity index (χ4n) is 2.79. The molecule has 0 saturated heterocycles. The first-order valence-corrected chi connectivity index (χ1v) is 10.3. The monoisotopic (exact) mass is 442 g/mol. The number of ether oxygens (including phenoxy) is 1. The molecule has 0 spiro atoms. The topological polar surface area (TPSA) is 132 Å². The number of aromatic nitrogens is 1. The van der Waals surface area contributed by atoms with Crippen LogP contribution >= 0.6 is 0 Å². The standard InChI is InChI=1S/C20H18N4O6S/c1-23(17-5-3-4-6-19(17)30-2)31(28,29)15-9-7-14(8-10-15)20(25)22-16-11-12-21-13-18(16)24(26)27/h3-13H,1-2H3,(H,21,22,25). The molecule has 0 radical (unpaired) electrons. The molecule has 10 nitrogen and oxygen atoms in total. The van der Waals surface area contributed by atoms with E-state index >= 15 is 0 Å². The van der Waals surface area contributed by atoms with Gasteiger partial charge in [0.25, 0.3) is 15.9 Å². The molecule has 1 heterocycles. The van der Waals surface area contributed by atoms with Gasteiger partial charge in [0.2, 0.25) is 0 Å². The van der Waals surface area contributed by atoms with E-state index in [0.717, 1.165) is 10.5 Å². The van der Waals surface area contributed by atoms with Crippen molar-refractivity contribution >= 4 is 33.0 Å². The summed E-state index contributed by atoms with van der Waals surface area (Å²) in [7, 11) is -1.08. The summed E-state index contributed by atoms with van der Waals surface area (Å²) in [5.74, 6) is -0.236. The molecule has 0 fully saturated rings. The van der Waals surface area contributed by atoms with Gasteiger partial charge < -0.3 is 10.1 Å². The highest BCUT2D eigenvalue weighted by Crippen LogP contribution is 2.31. The van der Waals surface area contributed by atoms with Crippen molar-refractivity contribution in [2.75, 3.05) is 23.8 Å². The summed E-state index contributed by atoms with van der Waals surface area (Å²) in [5.41, 5.74) is 0.118. The smallest absolute Gasteiger partial charge is 0.310 e. The van der Waals surface area contributed by atoms with E-state index in [9.17, 15) is 23.3 Å². The number of para-hydroxylation sites is 2. The Labute approximate surface area is 178 Å². The van der Waals surface area contributed by atoms with Crippen LogP contribution in [0.2, 0.25) is 0 Å². The summed E-state index contributed by atoms with van der Waals surface area (Å²) in [4.78, 5) is 26.5. The van der Waals surface area contributed by atoms with Crippen molar-refractivity contribution in [1.29, 1.82) is 0 Å². The van der Waals surface area contributed by atoms with E-state index in [1.165, 1.54) is 50.7 Å². The van der Waals surface area contributed by atoms with Crippen LogP contribution in [-0.2, 0) is 10.0 Å². The third-order valence-corrected chi connectivity index (χ3v) is 6.23. The molecule has 1 aromatic heterocycles. The van der Waals surface area contributed by atoms with Crippen LogP contribution in [0.5, 0.6) is 5.75 Å². The molecule has 0 aliphatic heterocycles. The minimum Gasteiger partial charge on any atom is -0.495 e. The highest BCUT2D eigenvalue weighted by molar-refractivity contribution is 7.92. The zero-order valence-electron chi connectivity index (χ0n) is 16.6. The number of pyridine rings is 1. The van der Waals surface area contributed by atoms with Gasteiger partial charge in [-0.15, -0.1) is 0 Å². The first kappa shape index (κ1) is 21.7. The molecule has 3 aromatic rings. The first-order chi connectivity index (χ1) is 14.8. The fourth-order valence-corrected chi connectivity index (χ4v) is 3.99. The van der Waals surface area contributed by atoms with E-state index in [2.05, 4.69) is 10.3 Å². The van der Waals surface area contributed by atoms with Crippen LogP contribution in [0.15, 0.2) is 71.9 Å². The van der Waals surface area contributed by atoms with E-state index in [1.807, 2.05) is 0 Å². The van der Waals surface area contributed by atoms with Crippen LogP contribution < -0.4 is 14.4 Å². The van der Waals surface area contributed by atoms with E-state index in [0.29, 0.717) is 11.4 Å². The van der Waals surface area contributed by atoms with Crippen LogP contribution in [-0.4, -0.2) is 38.4 Å². The number of anilines is 2. The van der Waals surface area contributed by atoms with E-state index in [4.69, 9.17) is 4.74 Å². The van der Waals surface area contributed by atoms with Crippen LogP contribution in [0.3, 0.4) is 0 Å². The molecule has 0 atom stereocenters. The Morgan fingerprint density at radius 3 is 2.45 bits per heavy atom. The highest BCUT2D eigenvalue weighted by atomic mass is 32.2. The number of benzene rings is 2. The molecule has 2 aromatic carbocycles. The largest absolute Gasteiger partial charge is 0.495 e. The lowest BCUT2D eigenvalue weighted by atomic mass is 10.2. The van der Waals surface area contributed by atoms with Crippen molar-refractivity contribution in [3.05, 3.63) is 82.7 Å². The van der Waals surface area contributed by atoms with E-state index < -0.39 is 20.9 Å². The molecule has 0 saturated carbocycles. The van der Waals surface area contributed by atoms with Gasteiger partial charge in [0.15, 0.2) is 0 Å². The third kappa shape index (κ3) is 4.46. The predicted octanol–water partition coefficient (Wildman–Crippen LogP) is 3.08. The number of carbonyl (C=O) groups is 1. The van der Waals surface area contributed by atoms with Crippen molar-refractivity contribution in [3.63, 3.8) is 0 Å². The van der Waals surface area contributed by atoms with E-state index in [-0.39, 0.29) is 21.8 Å². The number of sulfonamides is 1.